The van der Waals surface area contributed by atoms with Gasteiger partial charge in [0.1, 0.15) is 0 Å². The van der Waals surface area contributed by atoms with E-state index >= 15 is 0 Å². The molecule has 2 heterocycles. The summed E-state index contributed by atoms with van der Waals surface area (Å²) >= 11 is 8.45. The third-order valence-corrected chi connectivity index (χ3v) is 10.7. The molecule has 4 heteroatoms. The van der Waals surface area contributed by atoms with Gasteiger partial charge in [-0.05, 0) is 38.2 Å². The molecule has 0 aromatic heterocycles. The van der Waals surface area contributed by atoms with Crippen LogP contribution in [-0.2, 0) is 0 Å². The molecule has 0 nitrogen and oxygen atoms in total. The van der Waals surface area contributed by atoms with Crippen molar-refractivity contribution in [3.8, 4) is 0 Å². The minimum absolute atomic E-state index is 0.342. The molecule has 2 rings (SSSR count). The van der Waals surface area contributed by atoms with Crippen molar-refractivity contribution in [2.45, 2.75) is 46.8 Å². The average molecular weight is 273 g/mol. The van der Waals surface area contributed by atoms with E-state index in [1.54, 1.807) is 0 Å². The Morgan fingerprint density at radius 3 is 2.43 bits per heavy atom. The molecular weight excluding hydrogens is 255 g/mol. The Balaban J connectivity index is 2.26. The first-order valence-corrected chi connectivity index (χ1v) is 9.91. The Morgan fingerprint density at radius 1 is 1.14 bits per heavy atom. The van der Waals surface area contributed by atoms with Crippen LogP contribution in [0.5, 0.6) is 0 Å². The van der Waals surface area contributed by atoms with Crippen LogP contribution in [0.4, 0.5) is 0 Å². The number of thioether (sulfide) groups is 1. The second kappa shape index (κ2) is 4.27. The lowest BCUT2D eigenvalue weighted by Crippen LogP contribution is -2.23. The van der Waals surface area contributed by atoms with Crippen molar-refractivity contribution in [3.05, 3.63) is 0 Å². The summed E-state index contributed by atoms with van der Waals surface area (Å²) in [6.45, 7) is 0. The highest BCUT2D eigenvalue weighted by Crippen LogP contribution is 2.70. The quantitative estimate of drug-likeness (QED) is 0.644. The third-order valence-electron chi connectivity index (χ3n) is 3.77. The summed E-state index contributed by atoms with van der Waals surface area (Å²) < 4.78 is 0. The first kappa shape index (κ1) is 11.8. The topological polar surface area (TPSA) is 0 Å². The number of fused-ring (bicyclic) bond motifs is 2. The monoisotopic (exact) mass is 272 g/mol. The molecule has 0 radical (unpaired) electrons. The third kappa shape index (κ3) is 1.81. The molecule has 0 saturated carbocycles. The molecule has 0 amide bonds. The van der Waals surface area contributed by atoms with Gasteiger partial charge in [-0.25, -0.2) is 0 Å². The molecule has 0 aromatic carbocycles. The van der Waals surface area contributed by atoms with Gasteiger partial charge in [0.05, 0.1) is 0 Å². The Kier molecular flexibility index (Phi) is 3.59. The molecule has 0 spiro atoms. The summed E-state index contributed by atoms with van der Waals surface area (Å²) in [5, 5.41) is 2.48. The maximum absolute atomic E-state index is 6.79. The van der Waals surface area contributed by atoms with Crippen LogP contribution >= 0.6 is 43.3 Å². The van der Waals surface area contributed by atoms with Crippen molar-refractivity contribution >= 4 is 43.3 Å². The maximum Gasteiger partial charge on any atom is 0.0451 e. The average Bonchev–Trinajstić information content (AvgIpc) is 2.36. The minimum atomic E-state index is -0.957. The summed E-state index contributed by atoms with van der Waals surface area (Å²) in [7, 11) is 5.84. The first-order valence-electron chi connectivity index (χ1n) is 5.20. The molecule has 2 aliphatic heterocycles. The first-order chi connectivity index (χ1) is 6.57. The molecule has 5 atom stereocenters. The normalized spacial score (nSPS) is 57.7. The van der Waals surface area contributed by atoms with Gasteiger partial charge in [-0.3, -0.25) is 0 Å². The van der Waals surface area contributed by atoms with Crippen molar-refractivity contribution in [3.63, 3.8) is 0 Å². The number of rotatable bonds is 1. The zero-order valence-corrected chi connectivity index (χ0v) is 11.9. The summed E-state index contributed by atoms with van der Waals surface area (Å²) in [6.07, 6.45) is 9.54. The van der Waals surface area contributed by atoms with Crippen LogP contribution in [0.3, 0.4) is 0 Å². The van der Waals surface area contributed by atoms with Gasteiger partial charge in [-0.1, -0.05) is 10.7 Å². The van der Waals surface area contributed by atoms with E-state index in [2.05, 4.69) is 12.5 Å². The summed E-state index contributed by atoms with van der Waals surface area (Å²) in [6, 6.07) is 0. The summed E-state index contributed by atoms with van der Waals surface area (Å²) in [5.41, 5.74) is 0. The van der Waals surface area contributed by atoms with Gasteiger partial charge in [0.25, 0.3) is 0 Å². The Morgan fingerprint density at radius 2 is 1.79 bits per heavy atom. The number of hydrogen-bond acceptors (Lipinski definition) is 1. The van der Waals surface area contributed by atoms with Gasteiger partial charge >= 0.3 is 0 Å². The molecular formula is C10H18Cl2S2. The van der Waals surface area contributed by atoms with Crippen LogP contribution in [0.25, 0.3) is 0 Å². The van der Waals surface area contributed by atoms with E-state index in [9.17, 15) is 0 Å². The molecule has 5 unspecified atom stereocenters. The summed E-state index contributed by atoms with van der Waals surface area (Å²) in [5.74, 6) is 0. The Bertz CT molecular complexity index is 220. The lowest BCUT2D eigenvalue weighted by molar-refractivity contribution is 0.571. The van der Waals surface area contributed by atoms with Crippen LogP contribution in [0.2, 0.25) is 0 Å². The molecule has 14 heavy (non-hydrogen) atoms. The summed E-state index contributed by atoms with van der Waals surface area (Å²) in [4.78, 5) is 0. The second-order valence-electron chi connectivity index (χ2n) is 4.46. The number of hydrogen-bond donors (Lipinski definition) is 0. The highest BCUT2D eigenvalue weighted by atomic mass is 35.7. The highest BCUT2D eigenvalue weighted by Gasteiger charge is 2.49. The standard InChI is InChI=1S/C10H18Cl2S2/c1-13-8-4-3-7(11)9-5-6-10(8)14(9,2)12/h7-10H,3-6H2,1-2H3. The van der Waals surface area contributed by atoms with E-state index in [4.69, 9.17) is 22.3 Å². The fraction of sp³-hybridized carbons (Fsp3) is 1.00. The SMILES string of the molecule is CSC1CCC(Cl)C2CCC1S2(C)Cl. The lowest BCUT2D eigenvalue weighted by Gasteiger charge is -2.38. The van der Waals surface area contributed by atoms with Crippen LogP contribution < -0.4 is 0 Å². The van der Waals surface area contributed by atoms with Crippen molar-refractivity contribution in [2.75, 3.05) is 12.5 Å². The van der Waals surface area contributed by atoms with Crippen molar-refractivity contribution in [1.29, 1.82) is 0 Å². The van der Waals surface area contributed by atoms with E-state index in [1.165, 1.54) is 25.7 Å². The molecule has 2 aliphatic rings. The zero-order chi connectivity index (χ0) is 10.3. The zero-order valence-electron chi connectivity index (χ0n) is 8.71. The van der Waals surface area contributed by atoms with E-state index in [0.29, 0.717) is 10.6 Å². The molecule has 0 aromatic rings. The van der Waals surface area contributed by atoms with Gasteiger partial charge in [0, 0.05) is 21.1 Å². The maximum atomic E-state index is 6.79. The van der Waals surface area contributed by atoms with E-state index in [1.807, 2.05) is 11.8 Å². The predicted molar refractivity (Wildman–Crippen MR) is 72.4 cm³/mol. The smallest absolute Gasteiger partial charge is 0.0451 e. The van der Waals surface area contributed by atoms with E-state index in [0.717, 1.165) is 10.5 Å². The van der Waals surface area contributed by atoms with Gasteiger partial charge in [0.15, 0.2) is 0 Å². The number of halogens is 2. The van der Waals surface area contributed by atoms with Gasteiger partial charge < -0.3 is 0 Å². The molecule has 84 valence electrons. The van der Waals surface area contributed by atoms with E-state index in [-0.39, 0.29) is 0 Å². The largest absolute Gasteiger partial charge is 0.161 e. The molecule has 0 aliphatic carbocycles. The van der Waals surface area contributed by atoms with Crippen molar-refractivity contribution in [2.24, 2.45) is 0 Å². The minimum Gasteiger partial charge on any atom is -0.161 e. The molecule has 2 saturated heterocycles. The lowest BCUT2D eigenvalue weighted by atomic mass is 10.0. The van der Waals surface area contributed by atoms with E-state index < -0.39 is 9.24 Å². The van der Waals surface area contributed by atoms with Crippen LogP contribution in [0.1, 0.15) is 25.7 Å². The molecule has 0 N–H and O–H groups in total. The van der Waals surface area contributed by atoms with Crippen molar-refractivity contribution < 1.29 is 0 Å². The van der Waals surface area contributed by atoms with Gasteiger partial charge in [-0.15, -0.1) is 11.6 Å². The number of alkyl halides is 1. The van der Waals surface area contributed by atoms with Crippen LogP contribution in [0.15, 0.2) is 0 Å². The Hall–Kier alpha value is 1.28. The fourth-order valence-corrected chi connectivity index (χ4v) is 10.4. The van der Waals surface area contributed by atoms with Crippen LogP contribution in [-0.4, -0.2) is 33.6 Å². The van der Waals surface area contributed by atoms with Crippen LogP contribution in [0, 0.1) is 0 Å². The predicted octanol–water partition coefficient (Wildman–Crippen LogP) is 4.24. The van der Waals surface area contributed by atoms with Gasteiger partial charge in [-0.2, -0.15) is 21.0 Å². The molecule has 2 fully saturated rings. The van der Waals surface area contributed by atoms with Gasteiger partial charge in [0.2, 0.25) is 0 Å². The highest BCUT2D eigenvalue weighted by molar-refractivity contribution is 8.51. The fourth-order valence-electron chi connectivity index (χ4n) is 2.93. The van der Waals surface area contributed by atoms with Crippen molar-refractivity contribution in [1.82, 2.24) is 0 Å². The second-order valence-corrected chi connectivity index (χ2v) is 11.2. The Labute approximate surface area is 102 Å². The molecule has 2 bridgehead atoms.